The molecule has 2 N–H and O–H groups in total. The van der Waals surface area contributed by atoms with Crippen LogP contribution in [0.25, 0.3) is 0 Å². The molecule has 114 valence electrons. The summed E-state index contributed by atoms with van der Waals surface area (Å²) in [5, 5.41) is 11.5. The van der Waals surface area contributed by atoms with Crippen molar-refractivity contribution in [2.45, 2.75) is 6.92 Å². The highest BCUT2D eigenvalue weighted by Gasteiger charge is 2.08. The van der Waals surface area contributed by atoms with Gasteiger partial charge >= 0.3 is 0 Å². The Bertz CT molecular complexity index is 517. The number of rotatable bonds is 7. The molecular formula is C16H21NO4. The normalized spacial score (nSPS) is 9.86. The number of amides is 1. The van der Waals surface area contributed by atoms with E-state index in [1.807, 2.05) is 19.1 Å². The van der Waals surface area contributed by atoms with Crippen LogP contribution in [0.15, 0.2) is 18.2 Å². The number of aryl methyl sites for hydroxylation is 1. The maximum Gasteiger partial charge on any atom is 0.251 e. The fourth-order valence-electron chi connectivity index (χ4n) is 1.66. The van der Waals surface area contributed by atoms with Gasteiger partial charge in [-0.1, -0.05) is 17.9 Å². The Hall–Kier alpha value is -1.87. The third-order valence-electron chi connectivity index (χ3n) is 2.76. The lowest BCUT2D eigenvalue weighted by molar-refractivity contribution is 0.0692. The molecule has 0 aliphatic rings. The van der Waals surface area contributed by atoms with E-state index in [4.69, 9.17) is 14.6 Å². The number of carbonyl (C=O) groups is 1. The van der Waals surface area contributed by atoms with Crippen LogP contribution in [0.3, 0.4) is 0 Å². The minimum absolute atomic E-state index is 0.157. The fourth-order valence-corrected chi connectivity index (χ4v) is 1.66. The molecule has 0 aliphatic heterocycles. The summed E-state index contributed by atoms with van der Waals surface area (Å²) < 4.78 is 10.1. The second kappa shape index (κ2) is 9.94. The lowest BCUT2D eigenvalue weighted by atomic mass is 10.0. The van der Waals surface area contributed by atoms with Gasteiger partial charge in [-0.25, -0.2) is 0 Å². The van der Waals surface area contributed by atoms with Crippen LogP contribution in [-0.2, 0) is 9.47 Å². The quantitative estimate of drug-likeness (QED) is 0.574. The summed E-state index contributed by atoms with van der Waals surface area (Å²) in [6, 6.07) is 5.38. The van der Waals surface area contributed by atoms with Crippen molar-refractivity contribution in [1.82, 2.24) is 5.32 Å². The van der Waals surface area contributed by atoms with E-state index in [-0.39, 0.29) is 12.5 Å². The number of aliphatic hydroxyl groups is 1. The molecule has 1 rings (SSSR count). The molecule has 0 spiro atoms. The van der Waals surface area contributed by atoms with Gasteiger partial charge < -0.3 is 19.9 Å². The number of hydrogen-bond acceptors (Lipinski definition) is 4. The molecule has 0 aliphatic carbocycles. The lowest BCUT2D eigenvalue weighted by Crippen LogP contribution is -2.28. The van der Waals surface area contributed by atoms with Crippen LogP contribution in [-0.4, -0.2) is 51.1 Å². The average Bonchev–Trinajstić information content (AvgIpc) is 2.49. The Morgan fingerprint density at radius 1 is 1.33 bits per heavy atom. The zero-order valence-corrected chi connectivity index (χ0v) is 12.4. The van der Waals surface area contributed by atoms with Crippen LogP contribution in [0, 0.1) is 18.8 Å². The standard InChI is InChI=1S/C16H21NO4/c1-13-5-6-14(4-3-8-18)12-15(13)16(19)17-7-9-21-11-10-20-2/h5-6,12,18H,7-11H2,1-2H3,(H,17,19). The first-order chi connectivity index (χ1) is 10.2. The highest BCUT2D eigenvalue weighted by molar-refractivity contribution is 5.96. The zero-order chi connectivity index (χ0) is 15.5. The number of hydrogen-bond donors (Lipinski definition) is 2. The largest absolute Gasteiger partial charge is 0.384 e. The van der Waals surface area contributed by atoms with Crippen LogP contribution in [0.2, 0.25) is 0 Å². The minimum atomic E-state index is -0.200. The van der Waals surface area contributed by atoms with E-state index >= 15 is 0 Å². The molecule has 21 heavy (non-hydrogen) atoms. The van der Waals surface area contributed by atoms with Gasteiger partial charge in [0.1, 0.15) is 6.61 Å². The topological polar surface area (TPSA) is 67.8 Å². The van der Waals surface area contributed by atoms with Gasteiger partial charge in [0.2, 0.25) is 0 Å². The molecule has 5 heteroatoms. The van der Waals surface area contributed by atoms with Crippen molar-refractivity contribution >= 4 is 5.91 Å². The molecule has 1 aromatic rings. The van der Waals surface area contributed by atoms with E-state index in [2.05, 4.69) is 17.2 Å². The van der Waals surface area contributed by atoms with Crippen LogP contribution in [0.4, 0.5) is 0 Å². The molecule has 0 aromatic heterocycles. The van der Waals surface area contributed by atoms with Crippen LogP contribution in [0.1, 0.15) is 21.5 Å². The predicted octanol–water partition coefficient (Wildman–Crippen LogP) is 0.732. The summed E-state index contributed by atoms with van der Waals surface area (Å²) in [5.74, 6) is 5.20. The number of benzene rings is 1. The molecule has 0 saturated heterocycles. The summed E-state index contributed by atoms with van der Waals surface area (Å²) in [6.45, 7) is 3.60. The lowest BCUT2D eigenvalue weighted by Gasteiger charge is -2.08. The highest BCUT2D eigenvalue weighted by Crippen LogP contribution is 2.10. The van der Waals surface area contributed by atoms with Crippen molar-refractivity contribution in [3.8, 4) is 11.8 Å². The monoisotopic (exact) mass is 291 g/mol. The molecule has 1 amide bonds. The maximum absolute atomic E-state index is 12.1. The molecule has 1 aromatic carbocycles. The second-order valence-electron chi connectivity index (χ2n) is 4.35. The van der Waals surface area contributed by atoms with Gasteiger partial charge in [-0.15, -0.1) is 0 Å². The van der Waals surface area contributed by atoms with Gasteiger partial charge in [-0.05, 0) is 24.6 Å². The van der Waals surface area contributed by atoms with Crippen LogP contribution in [0.5, 0.6) is 0 Å². The number of aliphatic hydroxyl groups excluding tert-OH is 1. The van der Waals surface area contributed by atoms with Crippen molar-refractivity contribution < 1.29 is 19.4 Å². The van der Waals surface area contributed by atoms with E-state index in [9.17, 15) is 4.79 Å². The third-order valence-corrected chi connectivity index (χ3v) is 2.76. The summed E-state index contributed by atoms with van der Waals surface area (Å²) in [7, 11) is 1.61. The van der Waals surface area contributed by atoms with Gasteiger partial charge in [0.05, 0.1) is 19.8 Å². The van der Waals surface area contributed by atoms with E-state index < -0.39 is 0 Å². The van der Waals surface area contributed by atoms with Crippen molar-refractivity contribution in [3.05, 3.63) is 34.9 Å². The number of nitrogens with one attached hydrogen (secondary N) is 1. The molecule has 0 atom stereocenters. The first-order valence-electron chi connectivity index (χ1n) is 6.74. The Balaban J connectivity index is 2.53. The molecule has 5 nitrogen and oxygen atoms in total. The third kappa shape index (κ3) is 6.41. The summed E-state index contributed by atoms with van der Waals surface area (Å²) in [4.78, 5) is 12.1. The molecule has 0 radical (unpaired) electrons. The first-order valence-corrected chi connectivity index (χ1v) is 6.74. The number of ether oxygens (including phenoxy) is 2. The Labute approximate surface area is 125 Å². The van der Waals surface area contributed by atoms with Gasteiger partial charge in [-0.2, -0.15) is 0 Å². The highest BCUT2D eigenvalue weighted by atomic mass is 16.5. The molecule has 0 heterocycles. The second-order valence-corrected chi connectivity index (χ2v) is 4.35. The molecule has 0 fully saturated rings. The van der Waals surface area contributed by atoms with Crippen molar-refractivity contribution in [2.75, 3.05) is 40.1 Å². The Morgan fingerprint density at radius 2 is 2.14 bits per heavy atom. The van der Waals surface area contributed by atoms with E-state index in [1.54, 1.807) is 13.2 Å². The van der Waals surface area contributed by atoms with Gasteiger partial charge in [-0.3, -0.25) is 4.79 Å². The molecule has 0 unspecified atom stereocenters. The van der Waals surface area contributed by atoms with Gasteiger partial charge in [0.15, 0.2) is 0 Å². The fraction of sp³-hybridized carbons (Fsp3) is 0.438. The first kappa shape index (κ1) is 17.2. The smallest absolute Gasteiger partial charge is 0.251 e. The van der Waals surface area contributed by atoms with Crippen molar-refractivity contribution in [3.63, 3.8) is 0 Å². The van der Waals surface area contributed by atoms with Gasteiger partial charge in [0, 0.05) is 24.8 Å². The number of carbonyl (C=O) groups excluding carboxylic acids is 1. The zero-order valence-electron chi connectivity index (χ0n) is 12.4. The Kier molecular flexibility index (Phi) is 8.14. The maximum atomic E-state index is 12.1. The van der Waals surface area contributed by atoms with Crippen molar-refractivity contribution in [2.24, 2.45) is 0 Å². The molecule has 0 saturated carbocycles. The average molecular weight is 291 g/mol. The molecule has 0 bridgehead atoms. The van der Waals surface area contributed by atoms with E-state index in [0.29, 0.717) is 37.5 Å². The molecular weight excluding hydrogens is 270 g/mol. The number of methoxy groups -OCH3 is 1. The van der Waals surface area contributed by atoms with E-state index in [0.717, 1.165) is 5.56 Å². The summed E-state index contributed by atoms with van der Waals surface area (Å²) in [6.07, 6.45) is 0. The predicted molar refractivity (Wildman–Crippen MR) is 80.2 cm³/mol. The van der Waals surface area contributed by atoms with E-state index in [1.165, 1.54) is 0 Å². The minimum Gasteiger partial charge on any atom is -0.384 e. The van der Waals surface area contributed by atoms with Crippen LogP contribution >= 0.6 is 0 Å². The summed E-state index contributed by atoms with van der Waals surface area (Å²) in [5.41, 5.74) is 2.16. The van der Waals surface area contributed by atoms with Crippen LogP contribution < -0.4 is 5.32 Å². The SMILES string of the molecule is COCCOCCNC(=O)c1cc(C#CCO)ccc1C. The summed E-state index contributed by atoms with van der Waals surface area (Å²) >= 11 is 0. The Morgan fingerprint density at radius 3 is 2.86 bits per heavy atom. The van der Waals surface area contributed by atoms with Gasteiger partial charge in [0.25, 0.3) is 5.91 Å². The van der Waals surface area contributed by atoms with Crippen molar-refractivity contribution in [1.29, 1.82) is 0 Å².